The van der Waals surface area contributed by atoms with E-state index in [9.17, 15) is 0 Å². The summed E-state index contributed by atoms with van der Waals surface area (Å²) in [5.41, 5.74) is 2.08. The minimum atomic E-state index is 0.722. The molecule has 0 amide bonds. The van der Waals surface area contributed by atoms with Gasteiger partial charge in [0.2, 0.25) is 0 Å². The Morgan fingerprint density at radius 3 is 2.82 bits per heavy atom. The van der Waals surface area contributed by atoms with Crippen molar-refractivity contribution in [3.05, 3.63) is 60.2 Å². The lowest BCUT2D eigenvalue weighted by atomic mass is 10.2. The molecule has 0 spiro atoms. The molecule has 3 rings (SSSR count). The molecule has 1 aromatic carbocycles. The van der Waals surface area contributed by atoms with Crippen molar-refractivity contribution in [2.24, 2.45) is 0 Å². The number of rotatable bonds is 4. The van der Waals surface area contributed by atoms with Crippen molar-refractivity contribution in [1.29, 1.82) is 0 Å². The van der Waals surface area contributed by atoms with Crippen LogP contribution in [0, 0.1) is 0 Å². The van der Waals surface area contributed by atoms with Crippen LogP contribution in [-0.4, -0.2) is 0 Å². The van der Waals surface area contributed by atoms with Crippen molar-refractivity contribution in [2.45, 2.75) is 13.1 Å². The maximum atomic E-state index is 5.70. The predicted octanol–water partition coefficient (Wildman–Crippen LogP) is 3.32. The van der Waals surface area contributed by atoms with E-state index in [1.807, 2.05) is 24.3 Å². The molecule has 0 bridgehead atoms. The first-order chi connectivity index (χ1) is 8.42. The molecule has 2 heterocycles. The lowest BCUT2D eigenvalue weighted by Crippen LogP contribution is -2.11. The van der Waals surface area contributed by atoms with Gasteiger partial charge in [-0.25, -0.2) is 0 Å². The third kappa shape index (κ3) is 2.24. The summed E-state index contributed by atoms with van der Waals surface area (Å²) in [6, 6.07) is 12.0. The minimum Gasteiger partial charge on any atom is -0.472 e. The van der Waals surface area contributed by atoms with Gasteiger partial charge in [-0.1, -0.05) is 18.2 Å². The number of hydrogen-bond acceptors (Lipinski definition) is 3. The Morgan fingerprint density at radius 1 is 1.06 bits per heavy atom. The van der Waals surface area contributed by atoms with E-state index in [0.717, 1.165) is 35.4 Å². The van der Waals surface area contributed by atoms with Crippen LogP contribution < -0.4 is 5.32 Å². The lowest BCUT2D eigenvalue weighted by Gasteiger charge is -1.98. The molecule has 17 heavy (non-hydrogen) atoms. The average molecular weight is 227 g/mol. The van der Waals surface area contributed by atoms with Crippen LogP contribution in [0.1, 0.15) is 11.3 Å². The smallest absolute Gasteiger partial charge is 0.134 e. The summed E-state index contributed by atoms with van der Waals surface area (Å²) in [5.74, 6) is 0.953. The summed E-state index contributed by atoms with van der Waals surface area (Å²) < 4.78 is 10.7. The van der Waals surface area contributed by atoms with Gasteiger partial charge in [-0.15, -0.1) is 0 Å². The Labute approximate surface area is 99.0 Å². The maximum absolute atomic E-state index is 5.70. The van der Waals surface area contributed by atoms with Crippen LogP contribution in [0.25, 0.3) is 11.0 Å². The molecular formula is C14H13NO2. The molecule has 3 aromatic rings. The fourth-order valence-electron chi connectivity index (χ4n) is 1.85. The van der Waals surface area contributed by atoms with Gasteiger partial charge < -0.3 is 14.2 Å². The first kappa shape index (κ1) is 10.2. The van der Waals surface area contributed by atoms with Gasteiger partial charge in [0.25, 0.3) is 0 Å². The zero-order chi connectivity index (χ0) is 11.5. The van der Waals surface area contributed by atoms with Crippen LogP contribution in [0.3, 0.4) is 0 Å². The van der Waals surface area contributed by atoms with Gasteiger partial charge in [0, 0.05) is 17.5 Å². The van der Waals surface area contributed by atoms with Crippen molar-refractivity contribution in [3.8, 4) is 0 Å². The van der Waals surface area contributed by atoms with Gasteiger partial charge in [-0.2, -0.15) is 0 Å². The van der Waals surface area contributed by atoms with Crippen molar-refractivity contribution >= 4 is 11.0 Å². The molecule has 2 aromatic heterocycles. The van der Waals surface area contributed by atoms with Gasteiger partial charge >= 0.3 is 0 Å². The van der Waals surface area contributed by atoms with E-state index < -0.39 is 0 Å². The molecular weight excluding hydrogens is 214 g/mol. The molecule has 0 aliphatic carbocycles. The van der Waals surface area contributed by atoms with Crippen molar-refractivity contribution in [3.63, 3.8) is 0 Å². The molecule has 86 valence electrons. The predicted molar refractivity (Wildman–Crippen MR) is 65.5 cm³/mol. The van der Waals surface area contributed by atoms with Gasteiger partial charge in [0.1, 0.15) is 11.3 Å². The summed E-state index contributed by atoms with van der Waals surface area (Å²) in [7, 11) is 0. The average Bonchev–Trinajstić information content (AvgIpc) is 2.96. The number of para-hydroxylation sites is 1. The van der Waals surface area contributed by atoms with Gasteiger partial charge in [-0.05, 0) is 18.2 Å². The third-order valence-corrected chi connectivity index (χ3v) is 2.69. The second kappa shape index (κ2) is 4.47. The maximum Gasteiger partial charge on any atom is 0.134 e. The van der Waals surface area contributed by atoms with Gasteiger partial charge in [0.05, 0.1) is 19.1 Å². The highest BCUT2D eigenvalue weighted by atomic mass is 16.3. The van der Waals surface area contributed by atoms with E-state index in [1.54, 1.807) is 12.5 Å². The largest absolute Gasteiger partial charge is 0.472 e. The van der Waals surface area contributed by atoms with Crippen LogP contribution >= 0.6 is 0 Å². The summed E-state index contributed by atoms with van der Waals surface area (Å²) in [6.07, 6.45) is 3.42. The molecule has 0 fully saturated rings. The number of furan rings is 2. The Bertz CT molecular complexity index is 563. The SMILES string of the molecule is c1ccc2oc(CNCc3ccoc3)cc2c1. The summed E-state index contributed by atoms with van der Waals surface area (Å²) in [4.78, 5) is 0. The molecule has 0 aliphatic rings. The van der Waals surface area contributed by atoms with Crippen LogP contribution in [0.5, 0.6) is 0 Å². The fourth-order valence-corrected chi connectivity index (χ4v) is 1.85. The quantitative estimate of drug-likeness (QED) is 0.743. The van der Waals surface area contributed by atoms with Crippen LogP contribution in [0.2, 0.25) is 0 Å². The highest BCUT2D eigenvalue weighted by Gasteiger charge is 2.02. The second-order valence-corrected chi connectivity index (χ2v) is 3.99. The minimum absolute atomic E-state index is 0.722. The Balaban J connectivity index is 1.65. The molecule has 0 radical (unpaired) electrons. The van der Waals surface area contributed by atoms with Crippen LogP contribution in [0.4, 0.5) is 0 Å². The first-order valence-corrected chi connectivity index (χ1v) is 5.61. The summed E-state index contributed by atoms with van der Waals surface area (Å²) in [6.45, 7) is 1.51. The second-order valence-electron chi connectivity index (χ2n) is 3.99. The molecule has 0 saturated heterocycles. The van der Waals surface area contributed by atoms with Gasteiger partial charge in [0.15, 0.2) is 0 Å². The number of hydrogen-bond donors (Lipinski definition) is 1. The van der Waals surface area contributed by atoms with E-state index >= 15 is 0 Å². The molecule has 3 heteroatoms. The molecule has 3 nitrogen and oxygen atoms in total. The Kier molecular flexibility index (Phi) is 2.68. The Morgan fingerprint density at radius 2 is 2.00 bits per heavy atom. The molecule has 0 atom stereocenters. The van der Waals surface area contributed by atoms with Crippen molar-refractivity contribution in [2.75, 3.05) is 0 Å². The van der Waals surface area contributed by atoms with E-state index in [4.69, 9.17) is 8.83 Å². The molecule has 0 saturated carbocycles. The van der Waals surface area contributed by atoms with E-state index in [1.165, 1.54) is 0 Å². The van der Waals surface area contributed by atoms with Gasteiger partial charge in [-0.3, -0.25) is 0 Å². The molecule has 0 aliphatic heterocycles. The molecule has 1 N–H and O–H groups in total. The van der Waals surface area contributed by atoms with Crippen LogP contribution in [-0.2, 0) is 13.1 Å². The normalized spacial score (nSPS) is 11.1. The van der Waals surface area contributed by atoms with Crippen LogP contribution in [0.15, 0.2) is 57.8 Å². The number of benzene rings is 1. The van der Waals surface area contributed by atoms with E-state index in [0.29, 0.717) is 0 Å². The van der Waals surface area contributed by atoms with E-state index in [-0.39, 0.29) is 0 Å². The summed E-state index contributed by atoms with van der Waals surface area (Å²) >= 11 is 0. The van der Waals surface area contributed by atoms with Crippen molar-refractivity contribution < 1.29 is 8.83 Å². The lowest BCUT2D eigenvalue weighted by molar-refractivity contribution is 0.511. The van der Waals surface area contributed by atoms with Crippen molar-refractivity contribution in [1.82, 2.24) is 5.32 Å². The standard InChI is InChI=1S/C14H13NO2/c1-2-4-14-12(3-1)7-13(17-14)9-15-8-11-5-6-16-10-11/h1-7,10,15H,8-9H2. The Hall–Kier alpha value is -2.00. The monoisotopic (exact) mass is 227 g/mol. The van der Waals surface area contributed by atoms with E-state index in [2.05, 4.69) is 17.4 Å². The topological polar surface area (TPSA) is 38.3 Å². The number of nitrogens with one attached hydrogen (secondary N) is 1. The molecule has 0 unspecified atom stereocenters. The zero-order valence-corrected chi connectivity index (χ0v) is 9.35. The first-order valence-electron chi connectivity index (χ1n) is 5.61. The highest BCUT2D eigenvalue weighted by Crippen LogP contribution is 2.18. The zero-order valence-electron chi connectivity index (χ0n) is 9.35. The third-order valence-electron chi connectivity index (χ3n) is 2.69. The summed E-state index contributed by atoms with van der Waals surface area (Å²) in [5, 5.41) is 4.46. The number of fused-ring (bicyclic) bond motifs is 1. The fraction of sp³-hybridized carbons (Fsp3) is 0.143. The highest BCUT2D eigenvalue weighted by molar-refractivity contribution is 5.77.